The number of nitrogens with zero attached hydrogens (tertiary/aromatic N) is 2. The van der Waals surface area contributed by atoms with Gasteiger partial charge in [0.15, 0.2) is 4.96 Å². The van der Waals surface area contributed by atoms with Gasteiger partial charge in [0.1, 0.15) is 0 Å². The molecule has 1 aliphatic carbocycles. The first kappa shape index (κ1) is 15.0. The highest BCUT2D eigenvalue weighted by molar-refractivity contribution is 7.15. The third-order valence-electron chi connectivity index (χ3n) is 4.67. The summed E-state index contributed by atoms with van der Waals surface area (Å²) in [6.07, 6.45) is 11.4. The lowest BCUT2D eigenvalue weighted by molar-refractivity contribution is -0.0885. The molecule has 1 fully saturated rings. The van der Waals surface area contributed by atoms with Crippen LogP contribution in [0.5, 0.6) is 0 Å². The van der Waals surface area contributed by atoms with E-state index in [0.29, 0.717) is 6.04 Å². The zero-order valence-corrected chi connectivity index (χ0v) is 13.8. The van der Waals surface area contributed by atoms with Crippen LogP contribution in [0.4, 0.5) is 0 Å². The number of aromatic nitrogens is 2. The fourth-order valence-corrected chi connectivity index (χ4v) is 4.38. The quantitative estimate of drug-likeness (QED) is 0.890. The first-order valence-corrected chi connectivity index (χ1v) is 8.87. The van der Waals surface area contributed by atoms with E-state index in [-0.39, 0.29) is 5.60 Å². The summed E-state index contributed by atoms with van der Waals surface area (Å²) < 4.78 is 8.37. The third kappa shape index (κ3) is 3.00. The number of rotatable bonds is 6. The number of imidazole rings is 1. The molecule has 4 nitrogen and oxygen atoms in total. The molecular formula is C16H25N3OS. The van der Waals surface area contributed by atoms with E-state index in [1.807, 2.05) is 0 Å². The fraction of sp³-hybridized carbons (Fsp3) is 0.688. The van der Waals surface area contributed by atoms with Gasteiger partial charge in [-0.05, 0) is 26.8 Å². The zero-order chi connectivity index (χ0) is 14.7. The molecule has 0 radical (unpaired) electrons. The highest BCUT2D eigenvalue weighted by Crippen LogP contribution is 2.35. The van der Waals surface area contributed by atoms with Crippen LogP contribution in [0.2, 0.25) is 0 Å². The van der Waals surface area contributed by atoms with Crippen LogP contribution < -0.4 is 5.32 Å². The van der Waals surface area contributed by atoms with Crippen LogP contribution in [0.3, 0.4) is 0 Å². The summed E-state index contributed by atoms with van der Waals surface area (Å²) in [6.45, 7) is 2.89. The van der Waals surface area contributed by atoms with E-state index in [4.69, 9.17) is 9.72 Å². The van der Waals surface area contributed by atoms with E-state index in [1.54, 1.807) is 11.3 Å². The fourth-order valence-electron chi connectivity index (χ4n) is 3.67. The van der Waals surface area contributed by atoms with Crippen LogP contribution in [-0.4, -0.2) is 34.7 Å². The molecule has 0 bridgehead atoms. The second-order valence-electron chi connectivity index (χ2n) is 5.93. The first-order chi connectivity index (χ1) is 10.3. The highest BCUT2D eigenvalue weighted by Gasteiger charge is 2.40. The van der Waals surface area contributed by atoms with E-state index >= 15 is 0 Å². The van der Waals surface area contributed by atoms with Crippen molar-refractivity contribution in [2.24, 2.45) is 0 Å². The third-order valence-corrected chi connectivity index (χ3v) is 5.44. The predicted octanol–water partition coefficient (Wildman–Crippen LogP) is 3.27. The lowest BCUT2D eigenvalue weighted by Crippen LogP contribution is -2.53. The molecule has 21 heavy (non-hydrogen) atoms. The summed E-state index contributed by atoms with van der Waals surface area (Å²) in [4.78, 5) is 5.81. The minimum atomic E-state index is -0.0151. The van der Waals surface area contributed by atoms with Gasteiger partial charge in [-0.3, -0.25) is 4.40 Å². The Hall–Kier alpha value is -0.910. The molecule has 5 heteroatoms. The van der Waals surface area contributed by atoms with Crippen molar-refractivity contribution in [1.29, 1.82) is 0 Å². The molecule has 2 aromatic rings. The van der Waals surface area contributed by atoms with Gasteiger partial charge >= 0.3 is 0 Å². The number of nitrogens with one attached hydrogen (secondary N) is 1. The Morgan fingerprint density at radius 2 is 2.24 bits per heavy atom. The van der Waals surface area contributed by atoms with E-state index in [0.717, 1.165) is 36.5 Å². The molecule has 1 saturated carbocycles. The maximum absolute atomic E-state index is 6.26. The summed E-state index contributed by atoms with van der Waals surface area (Å²) in [5.74, 6) is 0. The van der Waals surface area contributed by atoms with E-state index < -0.39 is 0 Å². The van der Waals surface area contributed by atoms with Gasteiger partial charge in [0, 0.05) is 36.8 Å². The SMILES string of the molecule is CCOC1(C(Cc2cn3ccsc3n2)NC)CCCCC1. The van der Waals surface area contributed by atoms with Crippen molar-refractivity contribution >= 4 is 16.3 Å². The van der Waals surface area contributed by atoms with Gasteiger partial charge in [-0.15, -0.1) is 11.3 Å². The summed E-state index contributed by atoms with van der Waals surface area (Å²) in [5.41, 5.74) is 1.14. The van der Waals surface area contributed by atoms with Crippen molar-refractivity contribution in [3.63, 3.8) is 0 Å². The molecule has 0 saturated heterocycles. The number of ether oxygens (including phenoxy) is 1. The molecule has 1 N–H and O–H groups in total. The first-order valence-electron chi connectivity index (χ1n) is 8.00. The van der Waals surface area contributed by atoms with Crippen LogP contribution in [-0.2, 0) is 11.2 Å². The van der Waals surface area contributed by atoms with Gasteiger partial charge in [-0.2, -0.15) is 0 Å². The Kier molecular flexibility index (Phi) is 4.62. The van der Waals surface area contributed by atoms with Crippen LogP contribution >= 0.6 is 11.3 Å². The lowest BCUT2D eigenvalue weighted by Gasteiger charge is -2.43. The molecule has 3 rings (SSSR count). The molecule has 1 aliphatic rings. The Bertz CT molecular complexity index is 537. The smallest absolute Gasteiger partial charge is 0.193 e. The van der Waals surface area contributed by atoms with Crippen molar-refractivity contribution < 1.29 is 4.74 Å². The van der Waals surface area contributed by atoms with Crippen LogP contribution in [0.25, 0.3) is 4.96 Å². The minimum Gasteiger partial charge on any atom is -0.374 e. The number of hydrogen-bond acceptors (Lipinski definition) is 4. The Morgan fingerprint density at radius 1 is 1.43 bits per heavy atom. The van der Waals surface area contributed by atoms with Crippen LogP contribution in [0, 0.1) is 0 Å². The van der Waals surface area contributed by atoms with Crippen molar-refractivity contribution in [2.75, 3.05) is 13.7 Å². The molecule has 116 valence electrons. The summed E-state index contributed by atoms with van der Waals surface area (Å²) >= 11 is 1.69. The van der Waals surface area contributed by atoms with E-state index in [9.17, 15) is 0 Å². The predicted molar refractivity (Wildman–Crippen MR) is 87.1 cm³/mol. The van der Waals surface area contributed by atoms with Crippen LogP contribution in [0.1, 0.15) is 44.7 Å². The molecule has 0 spiro atoms. The van der Waals surface area contributed by atoms with Crippen molar-refractivity contribution in [2.45, 2.75) is 57.1 Å². The maximum atomic E-state index is 6.26. The summed E-state index contributed by atoms with van der Waals surface area (Å²) in [7, 11) is 2.05. The Morgan fingerprint density at radius 3 is 2.90 bits per heavy atom. The summed E-state index contributed by atoms with van der Waals surface area (Å²) in [5, 5.41) is 5.59. The second-order valence-corrected chi connectivity index (χ2v) is 6.80. The van der Waals surface area contributed by atoms with Gasteiger partial charge in [0.2, 0.25) is 0 Å². The van der Waals surface area contributed by atoms with Gasteiger partial charge < -0.3 is 10.1 Å². The van der Waals surface area contributed by atoms with Crippen molar-refractivity contribution in [3.05, 3.63) is 23.5 Å². The normalized spacial score (nSPS) is 19.9. The largest absolute Gasteiger partial charge is 0.374 e. The van der Waals surface area contributed by atoms with Gasteiger partial charge in [-0.25, -0.2) is 4.98 Å². The van der Waals surface area contributed by atoms with E-state index in [1.165, 1.54) is 19.3 Å². The topological polar surface area (TPSA) is 38.6 Å². The van der Waals surface area contributed by atoms with E-state index in [2.05, 4.69) is 41.5 Å². The lowest BCUT2D eigenvalue weighted by atomic mass is 9.77. The van der Waals surface area contributed by atoms with Gasteiger partial charge in [-0.1, -0.05) is 19.3 Å². The minimum absolute atomic E-state index is 0.0151. The highest BCUT2D eigenvalue weighted by atomic mass is 32.1. The maximum Gasteiger partial charge on any atom is 0.193 e. The summed E-state index contributed by atoms with van der Waals surface area (Å²) in [6, 6.07) is 0.336. The number of likely N-dealkylation sites (N-methyl/N-ethyl adjacent to an activating group) is 1. The molecule has 0 amide bonds. The number of thiazole rings is 1. The molecule has 0 aromatic carbocycles. The van der Waals surface area contributed by atoms with Gasteiger partial charge in [0.05, 0.1) is 11.3 Å². The Labute approximate surface area is 130 Å². The number of fused-ring (bicyclic) bond motifs is 1. The molecule has 1 unspecified atom stereocenters. The second kappa shape index (κ2) is 6.46. The molecule has 2 heterocycles. The average Bonchev–Trinajstić information content (AvgIpc) is 3.07. The molecule has 2 aromatic heterocycles. The van der Waals surface area contributed by atoms with Crippen molar-refractivity contribution in [1.82, 2.24) is 14.7 Å². The monoisotopic (exact) mass is 307 g/mol. The zero-order valence-electron chi connectivity index (χ0n) is 13.0. The van der Waals surface area contributed by atoms with Crippen molar-refractivity contribution in [3.8, 4) is 0 Å². The van der Waals surface area contributed by atoms with Gasteiger partial charge in [0.25, 0.3) is 0 Å². The molecular weight excluding hydrogens is 282 g/mol. The standard InChI is InChI=1S/C16H25N3OS/c1-3-20-16(7-5-4-6-8-16)14(17-2)11-13-12-19-9-10-21-15(19)18-13/h9-10,12,14,17H,3-8,11H2,1-2H3. The van der Waals surface area contributed by atoms with Crippen LogP contribution in [0.15, 0.2) is 17.8 Å². The molecule has 1 atom stereocenters. The average molecular weight is 307 g/mol. The molecule has 0 aliphatic heterocycles. The number of hydrogen-bond donors (Lipinski definition) is 1. The Balaban J connectivity index is 1.80.